The SMILES string of the molecule is CCc1cc(-c2nc3ccccc3[nH]2)c(N)s1. The van der Waals surface area contributed by atoms with E-state index in [2.05, 4.69) is 23.0 Å². The fraction of sp³-hybridized carbons (Fsp3) is 0.154. The summed E-state index contributed by atoms with van der Waals surface area (Å²) < 4.78 is 0. The van der Waals surface area contributed by atoms with Crippen molar-refractivity contribution in [3.05, 3.63) is 35.2 Å². The van der Waals surface area contributed by atoms with Gasteiger partial charge in [-0.3, -0.25) is 0 Å². The van der Waals surface area contributed by atoms with Gasteiger partial charge in [-0.15, -0.1) is 11.3 Å². The van der Waals surface area contributed by atoms with Crippen LogP contribution in [0, 0.1) is 0 Å². The number of nitrogens with one attached hydrogen (secondary N) is 1. The molecule has 1 aromatic carbocycles. The first kappa shape index (κ1) is 10.4. The van der Waals surface area contributed by atoms with E-state index < -0.39 is 0 Å². The number of aromatic amines is 1. The predicted molar refractivity (Wildman–Crippen MR) is 73.2 cm³/mol. The Morgan fingerprint density at radius 2 is 2.18 bits per heavy atom. The van der Waals surface area contributed by atoms with Gasteiger partial charge < -0.3 is 10.7 Å². The lowest BCUT2D eigenvalue weighted by molar-refractivity contribution is 1.18. The number of para-hydroxylation sites is 2. The van der Waals surface area contributed by atoms with Gasteiger partial charge in [-0.2, -0.15) is 0 Å². The van der Waals surface area contributed by atoms with Gasteiger partial charge in [-0.25, -0.2) is 4.98 Å². The van der Waals surface area contributed by atoms with Gasteiger partial charge in [0.2, 0.25) is 0 Å². The first-order chi connectivity index (χ1) is 8.28. The van der Waals surface area contributed by atoms with E-state index in [4.69, 9.17) is 5.73 Å². The van der Waals surface area contributed by atoms with Crippen LogP contribution in [-0.4, -0.2) is 9.97 Å². The normalized spacial score (nSPS) is 11.1. The quantitative estimate of drug-likeness (QED) is 0.724. The van der Waals surface area contributed by atoms with Crippen molar-refractivity contribution in [3.63, 3.8) is 0 Å². The predicted octanol–water partition coefficient (Wildman–Crippen LogP) is 3.44. The van der Waals surface area contributed by atoms with Crippen LogP contribution in [0.15, 0.2) is 30.3 Å². The van der Waals surface area contributed by atoms with Gasteiger partial charge in [0.25, 0.3) is 0 Å². The molecule has 0 aliphatic rings. The number of anilines is 1. The Kier molecular flexibility index (Phi) is 2.37. The van der Waals surface area contributed by atoms with Crippen LogP contribution in [-0.2, 0) is 6.42 Å². The number of fused-ring (bicyclic) bond motifs is 1. The molecular formula is C13H13N3S. The number of nitrogens with zero attached hydrogens (tertiary/aromatic N) is 1. The zero-order valence-corrected chi connectivity index (χ0v) is 10.3. The van der Waals surface area contributed by atoms with Crippen LogP contribution in [0.5, 0.6) is 0 Å². The molecule has 0 unspecified atom stereocenters. The highest BCUT2D eigenvalue weighted by atomic mass is 32.1. The van der Waals surface area contributed by atoms with Gasteiger partial charge >= 0.3 is 0 Å². The maximum absolute atomic E-state index is 6.03. The molecule has 2 heterocycles. The molecule has 3 aromatic rings. The summed E-state index contributed by atoms with van der Waals surface area (Å²) in [5, 5.41) is 0.834. The maximum Gasteiger partial charge on any atom is 0.141 e. The molecule has 3 rings (SSSR count). The average molecular weight is 243 g/mol. The number of nitrogen functional groups attached to an aromatic ring is 1. The lowest BCUT2D eigenvalue weighted by Gasteiger charge is -1.92. The van der Waals surface area contributed by atoms with Crippen molar-refractivity contribution in [1.29, 1.82) is 0 Å². The van der Waals surface area contributed by atoms with Crippen LogP contribution >= 0.6 is 11.3 Å². The smallest absolute Gasteiger partial charge is 0.141 e. The zero-order chi connectivity index (χ0) is 11.8. The number of imidazole rings is 1. The van der Waals surface area contributed by atoms with Gasteiger partial charge in [-0.1, -0.05) is 19.1 Å². The molecule has 0 saturated heterocycles. The lowest BCUT2D eigenvalue weighted by Crippen LogP contribution is -1.84. The molecule has 0 spiro atoms. The van der Waals surface area contributed by atoms with Gasteiger partial charge in [0.05, 0.1) is 21.6 Å². The number of nitrogens with two attached hydrogens (primary N) is 1. The largest absolute Gasteiger partial charge is 0.390 e. The molecule has 0 aliphatic heterocycles. The molecule has 0 saturated carbocycles. The molecule has 0 amide bonds. The molecule has 0 bridgehead atoms. The molecule has 86 valence electrons. The number of H-pyrrole nitrogens is 1. The van der Waals surface area contributed by atoms with E-state index in [-0.39, 0.29) is 0 Å². The minimum atomic E-state index is 0.834. The molecule has 0 radical (unpaired) electrons. The van der Waals surface area contributed by atoms with E-state index in [0.29, 0.717) is 0 Å². The van der Waals surface area contributed by atoms with E-state index >= 15 is 0 Å². The molecule has 3 N–H and O–H groups in total. The van der Waals surface area contributed by atoms with Gasteiger partial charge in [0.15, 0.2) is 0 Å². The Morgan fingerprint density at radius 3 is 2.88 bits per heavy atom. The molecule has 0 atom stereocenters. The minimum absolute atomic E-state index is 0.834. The monoisotopic (exact) mass is 243 g/mol. The number of hydrogen-bond acceptors (Lipinski definition) is 3. The number of aryl methyl sites for hydroxylation is 1. The number of hydrogen-bond donors (Lipinski definition) is 2. The molecule has 0 aliphatic carbocycles. The van der Waals surface area contributed by atoms with E-state index in [1.54, 1.807) is 11.3 Å². The third-order valence-corrected chi connectivity index (χ3v) is 3.91. The Bertz CT molecular complexity index is 633. The summed E-state index contributed by atoms with van der Waals surface area (Å²) in [7, 11) is 0. The first-order valence-electron chi connectivity index (χ1n) is 5.61. The Morgan fingerprint density at radius 1 is 1.35 bits per heavy atom. The fourth-order valence-electron chi connectivity index (χ4n) is 1.90. The molecule has 0 fully saturated rings. The van der Waals surface area contributed by atoms with Crippen molar-refractivity contribution in [3.8, 4) is 11.4 Å². The Balaban J connectivity index is 2.16. The second kappa shape index (κ2) is 3.89. The van der Waals surface area contributed by atoms with Crippen molar-refractivity contribution in [2.24, 2.45) is 0 Å². The van der Waals surface area contributed by atoms with Crippen molar-refractivity contribution < 1.29 is 0 Å². The molecular weight excluding hydrogens is 230 g/mol. The lowest BCUT2D eigenvalue weighted by atomic mass is 10.2. The highest BCUT2D eigenvalue weighted by molar-refractivity contribution is 7.16. The Hall–Kier alpha value is -1.81. The van der Waals surface area contributed by atoms with Crippen LogP contribution in [0.3, 0.4) is 0 Å². The maximum atomic E-state index is 6.03. The summed E-state index contributed by atoms with van der Waals surface area (Å²) in [6.07, 6.45) is 1.01. The van der Waals surface area contributed by atoms with Crippen molar-refractivity contribution in [2.45, 2.75) is 13.3 Å². The summed E-state index contributed by atoms with van der Waals surface area (Å²) >= 11 is 1.64. The highest BCUT2D eigenvalue weighted by Gasteiger charge is 2.11. The molecule has 2 aromatic heterocycles. The number of rotatable bonds is 2. The van der Waals surface area contributed by atoms with Crippen LogP contribution in [0.25, 0.3) is 22.4 Å². The van der Waals surface area contributed by atoms with Crippen molar-refractivity contribution in [2.75, 3.05) is 5.73 Å². The summed E-state index contributed by atoms with van der Waals surface area (Å²) in [4.78, 5) is 9.16. The van der Waals surface area contributed by atoms with Crippen LogP contribution in [0.1, 0.15) is 11.8 Å². The topological polar surface area (TPSA) is 54.7 Å². The molecule has 3 nitrogen and oxygen atoms in total. The van der Waals surface area contributed by atoms with E-state index in [9.17, 15) is 0 Å². The van der Waals surface area contributed by atoms with Crippen LogP contribution < -0.4 is 5.73 Å². The van der Waals surface area contributed by atoms with Gasteiger partial charge in [0, 0.05) is 4.88 Å². The molecule has 17 heavy (non-hydrogen) atoms. The minimum Gasteiger partial charge on any atom is -0.390 e. The molecule has 4 heteroatoms. The van der Waals surface area contributed by atoms with E-state index in [1.807, 2.05) is 24.3 Å². The third kappa shape index (κ3) is 1.70. The van der Waals surface area contributed by atoms with Gasteiger partial charge in [0.1, 0.15) is 5.82 Å². The standard InChI is InChI=1S/C13H13N3S/c1-2-8-7-9(12(14)17-8)13-15-10-5-3-4-6-11(10)16-13/h3-7H,2,14H2,1H3,(H,15,16). The van der Waals surface area contributed by atoms with E-state index in [1.165, 1.54) is 4.88 Å². The summed E-state index contributed by atoms with van der Waals surface area (Å²) in [6.45, 7) is 2.13. The zero-order valence-electron chi connectivity index (χ0n) is 9.53. The highest BCUT2D eigenvalue weighted by Crippen LogP contribution is 2.33. The second-order valence-electron chi connectivity index (χ2n) is 3.95. The summed E-state index contributed by atoms with van der Waals surface area (Å²) in [5.74, 6) is 0.861. The first-order valence-corrected chi connectivity index (χ1v) is 6.43. The average Bonchev–Trinajstić information content (AvgIpc) is 2.91. The number of thiophene rings is 1. The van der Waals surface area contributed by atoms with Crippen molar-refractivity contribution in [1.82, 2.24) is 9.97 Å². The Labute approximate surface area is 103 Å². The van der Waals surface area contributed by atoms with Crippen molar-refractivity contribution >= 4 is 27.4 Å². The second-order valence-corrected chi connectivity index (χ2v) is 5.12. The fourth-order valence-corrected chi connectivity index (χ4v) is 2.77. The summed E-state index contributed by atoms with van der Waals surface area (Å²) in [5.41, 5.74) is 9.07. The number of aromatic nitrogens is 2. The van der Waals surface area contributed by atoms with E-state index in [0.717, 1.165) is 33.8 Å². The number of benzene rings is 1. The summed E-state index contributed by atoms with van der Waals surface area (Å²) in [6, 6.07) is 10.1. The van der Waals surface area contributed by atoms with Crippen LogP contribution in [0.4, 0.5) is 5.00 Å². The van der Waals surface area contributed by atoms with Gasteiger partial charge in [-0.05, 0) is 24.6 Å². The van der Waals surface area contributed by atoms with Crippen LogP contribution in [0.2, 0.25) is 0 Å². The third-order valence-electron chi connectivity index (χ3n) is 2.80.